The fraction of sp³-hybridized carbons (Fsp3) is 0.444. The van der Waals surface area contributed by atoms with E-state index in [0.29, 0.717) is 6.42 Å². The van der Waals surface area contributed by atoms with Crippen LogP contribution in [0.25, 0.3) is 0 Å². The second kappa shape index (κ2) is 3.43. The van der Waals surface area contributed by atoms with Gasteiger partial charge in [0.05, 0.1) is 5.92 Å². The highest BCUT2D eigenvalue weighted by atomic mass is 16.4. The summed E-state index contributed by atoms with van der Waals surface area (Å²) in [5.41, 5.74) is 0.866. The van der Waals surface area contributed by atoms with Crippen LogP contribution in [-0.4, -0.2) is 15.6 Å². The normalized spacial score (nSPS) is 12.8. The number of aryl methyl sites for hydroxylation is 1. The lowest BCUT2D eigenvalue weighted by Gasteiger charge is -2.10. The molecule has 0 amide bonds. The number of hydrogen-bond acceptors (Lipinski definition) is 1. The quantitative estimate of drug-likeness (QED) is 0.743. The molecule has 1 aromatic heterocycles. The molecule has 1 heterocycles. The Morgan fingerprint density at radius 1 is 1.75 bits per heavy atom. The van der Waals surface area contributed by atoms with Crippen LogP contribution in [0, 0.1) is 0 Å². The Morgan fingerprint density at radius 2 is 2.42 bits per heavy atom. The van der Waals surface area contributed by atoms with E-state index >= 15 is 0 Å². The van der Waals surface area contributed by atoms with Gasteiger partial charge in [0.15, 0.2) is 0 Å². The molecule has 1 unspecified atom stereocenters. The summed E-state index contributed by atoms with van der Waals surface area (Å²) in [4.78, 5) is 10.8. The molecule has 12 heavy (non-hydrogen) atoms. The van der Waals surface area contributed by atoms with Gasteiger partial charge in [-0.3, -0.25) is 4.79 Å². The number of carboxylic acids is 1. The first-order valence-electron chi connectivity index (χ1n) is 4.00. The van der Waals surface area contributed by atoms with Crippen molar-refractivity contribution in [3.8, 4) is 0 Å². The summed E-state index contributed by atoms with van der Waals surface area (Å²) in [7, 11) is 1.86. The van der Waals surface area contributed by atoms with Crippen molar-refractivity contribution in [3.05, 3.63) is 24.0 Å². The zero-order valence-corrected chi connectivity index (χ0v) is 7.32. The van der Waals surface area contributed by atoms with Gasteiger partial charge in [-0.2, -0.15) is 0 Å². The third-order valence-electron chi connectivity index (χ3n) is 2.05. The summed E-state index contributed by atoms with van der Waals surface area (Å²) < 4.78 is 1.85. The Kier molecular flexibility index (Phi) is 2.53. The van der Waals surface area contributed by atoms with E-state index in [4.69, 9.17) is 5.11 Å². The lowest BCUT2D eigenvalue weighted by Crippen LogP contribution is -2.13. The third-order valence-corrected chi connectivity index (χ3v) is 2.05. The Hall–Kier alpha value is -1.25. The maximum Gasteiger partial charge on any atom is 0.312 e. The molecule has 0 aromatic carbocycles. The molecule has 0 saturated heterocycles. The minimum absolute atomic E-state index is 0.370. The van der Waals surface area contributed by atoms with Crippen LogP contribution in [0.4, 0.5) is 0 Å². The largest absolute Gasteiger partial charge is 0.481 e. The van der Waals surface area contributed by atoms with Crippen LogP contribution >= 0.6 is 0 Å². The van der Waals surface area contributed by atoms with Crippen LogP contribution in [0.3, 0.4) is 0 Å². The zero-order chi connectivity index (χ0) is 9.14. The van der Waals surface area contributed by atoms with Gasteiger partial charge < -0.3 is 9.67 Å². The molecule has 0 fully saturated rings. The molecule has 0 saturated carbocycles. The van der Waals surface area contributed by atoms with Gasteiger partial charge in [0.2, 0.25) is 0 Å². The second-order valence-electron chi connectivity index (χ2n) is 2.84. The number of aliphatic carboxylic acids is 1. The third kappa shape index (κ3) is 1.49. The van der Waals surface area contributed by atoms with Gasteiger partial charge in [0.1, 0.15) is 0 Å². The standard InChI is InChI=1S/C9H13NO2/c1-3-7(9(11)12)8-5-4-6-10(8)2/h4-7H,3H2,1-2H3,(H,11,12). The van der Waals surface area contributed by atoms with Gasteiger partial charge in [-0.05, 0) is 18.6 Å². The minimum Gasteiger partial charge on any atom is -0.481 e. The monoisotopic (exact) mass is 167 g/mol. The van der Waals surface area contributed by atoms with E-state index in [1.54, 1.807) is 0 Å². The molecule has 0 spiro atoms. The van der Waals surface area contributed by atoms with E-state index in [9.17, 15) is 4.79 Å². The van der Waals surface area contributed by atoms with Crippen LogP contribution < -0.4 is 0 Å². The predicted molar refractivity (Wildman–Crippen MR) is 46.1 cm³/mol. The first kappa shape index (κ1) is 8.84. The maximum atomic E-state index is 10.8. The van der Waals surface area contributed by atoms with Crippen LogP contribution in [0.5, 0.6) is 0 Å². The fourth-order valence-electron chi connectivity index (χ4n) is 1.35. The Balaban J connectivity index is 2.94. The van der Waals surface area contributed by atoms with E-state index in [1.807, 2.05) is 36.9 Å². The van der Waals surface area contributed by atoms with E-state index in [2.05, 4.69) is 0 Å². The molecule has 0 bridgehead atoms. The summed E-state index contributed by atoms with van der Waals surface area (Å²) in [6.45, 7) is 1.88. The molecule has 0 aliphatic heterocycles. The molecule has 1 aromatic rings. The topological polar surface area (TPSA) is 42.2 Å². The highest BCUT2D eigenvalue weighted by molar-refractivity contribution is 5.75. The summed E-state index contributed by atoms with van der Waals surface area (Å²) in [6.07, 6.45) is 2.49. The van der Waals surface area contributed by atoms with Crippen molar-refractivity contribution >= 4 is 5.97 Å². The van der Waals surface area contributed by atoms with E-state index in [1.165, 1.54) is 0 Å². The lowest BCUT2D eigenvalue weighted by atomic mass is 10.0. The van der Waals surface area contributed by atoms with Crippen molar-refractivity contribution in [3.63, 3.8) is 0 Å². The number of carboxylic acid groups (broad SMARTS) is 1. The zero-order valence-electron chi connectivity index (χ0n) is 7.32. The van der Waals surface area contributed by atoms with Crippen LogP contribution in [-0.2, 0) is 11.8 Å². The van der Waals surface area contributed by atoms with Crippen LogP contribution in [0.2, 0.25) is 0 Å². The van der Waals surface area contributed by atoms with Gasteiger partial charge in [0, 0.05) is 18.9 Å². The number of rotatable bonds is 3. The summed E-state index contributed by atoms with van der Waals surface area (Å²) in [6, 6.07) is 3.71. The van der Waals surface area contributed by atoms with Crippen molar-refractivity contribution in [2.75, 3.05) is 0 Å². The van der Waals surface area contributed by atoms with Gasteiger partial charge in [0.25, 0.3) is 0 Å². The van der Waals surface area contributed by atoms with Crippen LogP contribution in [0.1, 0.15) is 25.0 Å². The second-order valence-corrected chi connectivity index (χ2v) is 2.84. The van der Waals surface area contributed by atoms with Gasteiger partial charge in [-0.1, -0.05) is 6.92 Å². The van der Waals surface area contributed by atoms with E-state index < -0.39 is 5.97 Å². The average Bonchev–Trinajstić information content (AvgIpc) is 2.38. The summed E-state index contributed by atoms with van der Waals surface area (Å²) >= 11 is 0. The van der Waals surface area contributed by atoms with Crippen molar-refractivity contribution < 1.29 is 9.90 Å². The minimum atomic E-state index is -0.751. The van der Waals surface area contributed by atoms with Gasteiger partial charge in [-0.15, -0.1) is 0 Å². The Labute approximate surface area is 71.6 Å². The molecule has 3 nitrogen and oxygen atoms in total. The molecule has 1 rings (SSSR count). The van der Waals surface area contributed by atoms with E-state index in [-0.39, 0.29) is 5.92 Å². The molecule has 1 atom stereocenters. The van der Waals surface area contributed by atoms with Crippen molar-refractivity contribution in [1.29, 1.82) is 0 Å². The first-order valence-corrected chi connectivity index (χ1v) is 4.00. The molecule has 0 radical (unpaired) electrons. The predicted octanol–water partition coefficient (Wildman–Crippen LogP) is 1.60. The first-order chi connectivity index (χ1) is 5.66. The van der Waals surface area contributed by atoms with Crippen molar-refractivity contribution in [2.45, 2.75) is 19.3 Å². The van der Waals surface area contributed by atoms with Crippen molar-refractivity contribution in [2.24, 2.45) is 7.05 Å². The smallest absolute Gasteiger partial charge is 0.312 e. The molecular weight excluding hydrogens is 154 g/mol. The van der Waals surface area contributed by atoms with Gasteiger partial charge in [-0.25, -0.2) is 0 Å². The Bertz CT molecular complexity index is 278. The molecule has 1 N–H and O–H groups in total. The highest BCUT2D eigenvalue weighted by Crippen LogP contribution is 2.19. The molecule has 3 heteroatoms. The SMILES string of the molecule is CCC(C(=O)O)c1cccn1C. The number of nitrogens with zero attached hydrogens (tertiary/aromatic N) is 1. The van der Waals surface area contributed by atoms with Gasteiger partial charge >= 0.3 is 5.97 Å². The molecule has 0 aliphatic carbocycles. The molecule has 0 aliphatic rings. The fourth-order valence-corrected chi connectivity index (χ4v) is 1.35. The van der Waals surface area contributed by atoms with Crippen LogP contribution in [0.15, 0.2) is 18.3 Å². The van der Waals surface area contributed by atoms with Crippen molar-refractivity contribution in [1.82, 2.24) is 4.57 Å². The molecule has 66 valence electrons. The number of aromatic nitrogens is 1. The van der Waals surface area contributed by atoms with E-state index in [0.717, 1.165) is 5.69 Å². The molecular formula is C9H13NO2. The summed E-state index contributed by atoms with van der Waals surface area (Å²) in [5, 5.41) is 8.86. The number of hydrogen-bond donors (Lipinski definition) is 1. The maximum absolute atomic E-state index is 10.8. The Morgan fingerprint density at radius 3 is 2.75 bits per heavy atom. The lowest BCUT2D eigenvalue weighted by molar-refractivity contribution is -0.139. The summed E-state index contributed by atoms with van der Waals surface area (Å²) in [5.74, 6) is -1.12. The average molecular weight is 167 g/mol. The number of carbonyl (C=O) groups is 1. The highest BCUT2D eigenvalue weighted by Gasteiger charge is 2.19.